The van der Waals surface area contributed by atoms with Crippen molar-refractivity contribution in [1.29, 1.82) is 0 Å². The molecule has 0 bridgehead atoms. The second kappa shape index (κ2) is 6.06. The van der Waals surface area contributed by atoms with Crippen molar-refractivity contribution in [2.45, 2.75) is 19.4 Å². The molecule has 3 rings (SSSR count). The summed E-state index contributed by atoms with van der Waals surface area (Å²) in [6, 6.07) is 4.22. The number of aromatic amines is 1. The lowest BCUT2D eigenvalue weighted by atomic mass is 9.98. The zero-order chi connectivity index (χ0) is 15.7. The van der Waals surface area contributed by atoms with Crippen LogP contribution in [-0.4, -0.2) is 34.1 Å². The maximum atomic E-state index is 13.4. The number of halogens is 2. The van der Waals surface area contributed by atoms with E-state index in [-0.39, 0.29) is 17.5 Å². The van der Waals surface area contributed by atoms with Crippen LogP contribution in [0.4, 0.5) is 10.1 Å². The highest BCUT2D eigenvalue weighted by molar-refractivity contribution is 6.30. The highest BCUT2D eigenvalue weighted by atomic mass is 35.5. The number of benzene rings is 1. The molecule has 1 amide bonds. The average molecular weight is 323 g/mol. The normalized spacial score (nSPS) is 18.0. The number of hydrogen-bond acceptors (Lipinski definition) is 3. The minimum absolute atomic E-state index is 0.0374. The molecule has 7 heteroatoms. The molecule has 1 aromatic carbocycles. The Kier molecular flexibility index (Phi) is 4.13. The number of fused-ring (bicyclic) bond motifs is 1. The van der Waals surface area contributed by atoms with E-state index in [4.69, 9.17) is 11.6 Å². The zero-order valence-electron chi connectivity index (χ0n) is 12.1. The van der Waals surface area contributed by atoms with Crippen LogP contribution >= 0.6 is 11.6 Å². The molecule has 0 fully saturated rings. The number of hydrogen-bond donors (Lipinski definition) is 2. The van der Waals surface area contributed by atoms with Crippen molar-refractivity contribution in [2.75, 3.05) is 18.4 Å². The topological polar surface area (TPSA) is 61.0 Å². The second-order valence-electron chi connectivity index (χ2n) is 5.56. The molecule has 2 N–H and O–H groups in total. The first-order valence-corrected chi connectivity index (χ1v) is 7.40. The van der Waals surface area contributed by atoms with Crippen molar-refractivity contribution in [1.82, 2.24) is 15.1 Å². The van der Waals surface area contributed by atoms with Gasteiger partial charge in [-0.2, -0.15) is 5.10 Å². The summed E-state index contributed by atoms with van der Waals surface area (Å²) in [6.07, 6.45) is 1.80. The van der Waals surface area contributed by atoms with Gasteiger partial charge in [0.05, 0.1) is 17.8 Å². The molecular formula is C15H16ClFN4O. The highest BCUT2D eigenvalue weighted by Gasteiger charge is 2.25. The lowest BCUT2D eigenvalue weighted by Crippen LogP contribution is -2.38. The van der Waals surface area contributed by atoms with Crippen molar-refractivity contribution in [3.63, 3.8) is 0 Å². The summed E-state index contributed by atoms with van der Waals surface area (Å²) >= 11 is 5.62. The minimum Gasteiger partial charge on any atom is -0.325 e. The van der Waals surface area contributed by atoms with Crippen LogP contribution < -0.4 is 5.32 Å². The van der Waals surface area contributed by atoms with Crippen molar-refractivity contribution >= 4 is 23.2 Å². The minimum atomic E-state index is -0.547. The van der Waals surface area contributed by atoms with Gasteiger partial charge in [-0.1, -0.05) is 18.5 Å². The van der Waals surface area contributed by atoms with Crippen molar-refractivity contribution in [3.8, 4) is 0 Å². The molecule has 1 aliphatic heterocycles. The Morgan fingerprint density at radius 2 is 2.41 bits per heavy atom. The SMILES string of the molecule is CC1CN(CC(=O)Nc2ccc(Cl)c(F)c2)Cc2cn[nH]c21. The monoisotopic (exact) mass is 322 g/mol. The third-order valence-electron chi connectivity index (χ3n) is 3.74. The van der Waals surface area contributed by atoms with E-state index in [0.717, 1.165) is 17.8 Å². The molecule has 2 heterocycles. The van der Waals surface area contributed by atoms with Gasteiger partial charge in [-0.05, 0) is 18.2 Å². The summed E-state index contributed by atoms with van der Waals surface area (Å²) in [4.78, 5) is 14.1. The van der Waals surface area contributed by atoms with Crippen molar-refractivity contribution in [3.05, 3.63) is 46.5 Å². The quantitative estimate of drug-likeness (QED) is 0.913. The van der Waals surface area contributed by atoms with Crippen LogP contribution in [-0.2, 0) is 11.3 Å². The van der Waals surface area contributed by atoms with E-state index in [1.165, 1.54) is 12.1 Å². The fraction of sp³-hybridized carbons (Fsp3) is 0.333. The summed E-state index contributed by atoms with van der Waals surface area (Å²) in [7, 11) is 0. The molecule has 2 aromatic rings. The molecule has 0 radical (unpaired) electrons. The first kappa shape index (κ1) is 15.0. The molecule has 0 spiro atoms. The molecule has 22 heavy (non-hydrogen) atoms. The third-order valence-corrected chi connectivity index (χ3v) is 4.05. The van der Waals surface area contributed by atoms with Gasteiger partial charge in [0, 0.05) is 36.0 Å². The largest absolute Gasteiger partial charge is 0.325 e. The van der Waals surface area contributed by atoms with Crippen molar-refractivity contribution in [2.24, 2.45) is 0 Å². The van der Waals surface area contributed by atoms with Gasteiger partial charge < -0.3 is 5.32 Å². The maximum Gasteiger partial charge on any atom is 0.238 e. The van der Waals surface area contributed by atoms with E-state index in [1.54, 1.807) is 12.3 Å². The Morgan fingerprint density at radius 3 is 3.18 bits per heavy atom. The van der Waals surface area contributed by atoms with Gasteiger partial charge in [-0.25, -0.2) is 4.39 Å². The fourth-order valence-electron chi connectivity index (χ4n) is 2.76. The molecule has 5 nitrogen and oxygen atoms in total. The average Bonchev–Trinajstić information content (AvgIpc) is 2.91. The first-order chi connectivity index (χ1) is 10.5. The van der Waals surface area contributed by atoms with E-state index in [1.807, 2.05) is 4.90 Å². The van der Waals surface area contributed by atoms with Gasteiger partial charge in [-0.15, -0.1) is 0 Å². The first-order valence-electron chi connectivity index (χ1n) is 7.02. The standard InChI is InChI=1S/C15H16ClFN4O/c1-9-6-21(7-10-5-18-20-15(9)10)8-14(22)19-11-2-3-12(16)13(17)4-11/h2-5,9H,6-8H2,1H3,(H,18,20)(H,19,22). The Bertz CT molecular complexity index is 703. The van der Waals surface area contributed by atoms with E-state index in [0.29, 0.717) is 18.2 Å². The van der Waals surface area contributed by atoms with Gasteiger partial charge >= 0.3 is 0 Å². The number of carbonyl (C=O) groups excluding carboxylic acids is 1. The van der Waals surface area contributed by atoms with Gasteiger partial charge in [0.25, 0.3) is 0 Å². The van der Waals surface area contributed by atoms with E-state index >= 15 is 0 Å². The lowest BCUT2D eigenvalue weighted by Gasteiger charge is -2.29. The molecule has 116 valence electrons. The summed E-state index contributed by atoms with van der Waals surface area (Å²) in [5.74, 6) is -0.429. The van der Waals surface area contributed by atoms with Crippen LogP contribution in [0.1, 0.15) is 24.1 Å². The van der Waals surface area contributed by atoms with Crippen LogP contribution in [0.25, 0.3) is 0 Å². The van der Waals surface area contributed by atoms with Gasteiger partial charge in [0.1, 0.15) is 5.82 Å². The van der Waals surface area contributed by atoms with Crippen LogP contribution in [0.5, 0.6) is 0 Å². The van der Waals surface area contributed by atoms with Crippen LogP contribution in [0.2, 0.25) is 5.02 Å². The Labute approximate surface area is 132 Å². The van der Waals surface area contributed by atoms with Crippen LogP contribution in [0.15, 0.2) is 24.4 Å². The number of nitrogens with one attached hydrogen (secondary N) is 2. The number of H-pyrrole nitrogens is 1. The van der Waals surface area contributed by atoms with Crippen molar-refractivity contribution < 1.29 is 9.18 Å². The molecule has 0 saturated heterocycles. The number of aromatic nitrogens is 2. The van der Waals surface area contributed by atoms with Crippen LogP contribution in [0.3, 0.4) is 0 Å². The Balaban J connectivity index is 1.62. The predicted molar refractivity (Wildman–Crippen MR) is 82.3 cm³/mol. The molecule has 1 atom stereocenters. The molecular weight excluding hydrogens is 307 g/mol. The van der Waals surface area contributed by atoms with Crippen LogP contribution in [0, 0.1) is 5.82 Å². The fourth-order valence-corrected chi connectivity index (χ4v) is 2.87. The Hall–Kier alpha value is -1.92. The molecule has 1 unspecified atom stereocenters. The Morgan fingerprint density at radius 1 is 1.59 bits per heavy atom. The molecule has 1 aliphatic rings. The third kappa shape index (κ3) is 3.13. The van der Waals surface area contributed by atoms with E-state index < -0.39 is 5.82 Å². The number of amides is 1. The summed E-state index contributed by atoms with van der Waals surface area (Å²) < 4.78 is 13.4. The summed E-state index contributed by atoms with van der Waals surface area (Å²) in [6.45, 7) is 3.80. The summed E-state index contributed by atoms with van der Waals surface area (Å²) in [5, 5.41) is 9.77. The maximum absolute atomic E-state index is 13.4. The summed E-state index contributed by atoms with van der Waals surface area (Å²) in [5.41, 5.74) is 2.65. The number of carbonyl (C=O) groups is 1. The lowest BCUT2D eigenvalue weighted by molar-refractivity contribution is -0.117. The second-order valence-corrected chi connectivity index (χ2v) is 5.96. The number of anilines is 1. The van der Waals surface area contributed by atoms with Gasteiger partial charge in [0.15, 0.2) is 0 Å². The predicted octanol–water partition coefficient (Wildman–Crippen LogP) is 2.76. The molecule has 0 aliphatic carbocycles. The van der Waals surface area contributed by atoms with E-state index in [9.17, 15) is 9.18 Å². The highest BCUT2D eigenvalue weighted by Crippen LogP contribution is 2.25. The van der Waals surface area contributed by atoms with E-state index in [2.05, 4.69) is 22.4 Å². The van der Waals surface area contributed by atoms with Gasteiger partial charge in [-0.3, -0.25) is 14.8 Å². The molecule has 1 aromatic heterocycles. The number of nitrogens with zero attached hydrogens (tertiary/aromatic N) is 2. The number of rotatable bonds is 3. The van der Waals surface area contributed by atoms with Gasteiger partial charge in [0.2, 0.25) is 5.91 Å². The smallest absolute Gasteiger partial charge is 0.238 e. The zero-order valence-corrected chi connectivity index (χ0v) is 12.8. The molecule has 0 saturated carbocycles.